The lowest BCUT2D eigenvalue weighted by Gasteiger charge is -2.30. The maximum Gasteiger partial charge on any atom is 0.248 e. The highest BCUT2D eigenvalue weighted by molar-refractivity contribution is 5.93. The van der Waals surface area contributed by atoms with Gasteiger partial charge in [-0.25, -0.2) is 4.98 Å². The second-order valence-electron chi connectivity index (χ2n) is 6.19. The third-order valence-electron chi connectivity index (χ3n) is 4.73. The number of H-pyrrole nitrogens is 1. The molecule has 3 N–H and O–H groups in total. The van der Waals surface area contributed by atoms with Crippen LogP contribution in [0.4, 0.5) is 0 Å². The summed E-state index contributed by atoms with van der Waals surface area (Å²) < 4.78 is 5.50. The smallest absolute Gasteiger partial charge is 0.248 e. The lowest BCUT2D eigenvalue weighted by atomic mass is 10.1. The number of carbonyl (C=O) groups is 1. The number of nitrogens with two attached hydrogens (primary N) is 1. The van der Waals surface area contributed by atoms with E-state index >= 15 is 0 Å². The van der Waals surface area contributed by atoms with E-state index in [4.69, 9.17) is 15.5 Å². The summed E-state index contributed by atoms with van der Waals surface area (Å²) in [6.45, 7) is 3.64. The quantitative estimate of drug-likeness (QED) is 0.895. The molecule has 1 saturated heterocycles. The molecule has 0 radical (unpaired) electrons. The number of rotatable bonds is 3. The van der Waals surface area contributed by atoms with Crippen LogP contribution in [-0.2, 0) is 17.7 Å². The number of aromatic amines is 1. The van der Waals surface area contributed by atoms with Crippen LogP contribution in [0, 0.1) is 0 Å². The molecular formula is C17H20N4O2. The Bertz CT molecular complexity index is 717. The summed E-state index contributed by atoms with van der Waals surface area (Å²) in [5.41, 5.74) is 9.10. The van der Waals surface area contributed by atoms with Gasteiger partial charge in [-0.15, -0.1) is 0 Å². The third kappa shape index (κ3) is 2.75. The standard InChI is InChI=1S/C17H20N4O2/c18-16(22)11-1-3-12(4-2-11)17-19-14-5-7-21(9-15(14)20-17)13-6-8-23-10-13/h1-4,13H,5-10H2,(H2,18,22)(H,19,20)/t13-/m1/s1. The molecular weight excluding hydrogens is 292 g/mol. The maximum absolute atomic E-state index is 11.2. The lowest BCUT2D eigenvalue weighted by molar-refractivity contribution is 0.100. The molecule has 3 heterocycles. The van der Waals surface area contributed by atoms with Gasteiger partial charge in [0.05, 0.1) is 18.0 Å². The van der Waals surface area contributed by atoms with Crippen LogP contribution in [0.25, 0.3) is 11.4 Å². The van der Waals surface area contributed by atoms with Gasteiger partial charge in [0, 0.05) is 43.3 Å². The van der Waals surface area contributed by atoms with Gasteiger partial charge in [-0.2, -0.15) is 0 Å². The normalized spacial score (nSPS) is 21.3. The first-order chi connectivity index (χ1) is 11.2. The van der Waals surface area contributed by atoms with E-state index < -0.39 is 5.91 Å². The van der Waals surface area contributed by atoms with Crippen LogP contribution in [0.3, 0.4) is 0 Å². The third-order valence-corrected chi connectivity index (χ3v) is 4.73. The highest BCUT2D eigenvalue weighted by atomic mass is 16.5. The predicted octanol–water partition coefficient (Wildman–Crippen LogP) is 1.32. The van der Waals surface area contributed by atoms with Gasteiger partial charge in [-0.3, -0.25) is 9.69 Å². The number of amides is 1. The first kappa shape index (κ1) is 14.4. The van der Waals surface area contributed by atoms with Crippen molar-refractivity contribution in [2.75, 3.05) is 19.8 Å². The van der Waals surface area contributed by atoms with Crippen LogP contribution in [-0.4, -0.2) is 46.6 Å². The molecule has 1 amide bonds. The minimum Gasteiger partial charge on any atom is -0.380 e. The summed E-state index contributed by atoms with van der Waals surface area (Å²) in [5, 5.41) is 0. The number of carbonyl (C=O) groups excluding carboxylic acids is 1. The van der Waals surface area contributed by atoms with Crippen LogP contribution >= 0.6 is 0 Å². The average Bonchev–Trinajstić information content (AvgIpc) is 3.23. The minimum atomic E-state index is -0.412. The Balaban J connectivity index is 1.55. The van der Waals surface area contributed by atoms with E-state index in [-0.39, 0.29) is 0 Å². The molecule has 1 atom stereocenters. The summed E-state index contributed by atoms with van der Waals surface area (Å²) >= 11 is 0. The van der Waals surface area contributed by atoms with Crippen molar-refractivity contribution >= 4 is 5.91 Å². The van der Waals surface area contributed by atoms with Crippen LogP contribution < -0.4 is 5.73 Å². The van der Waals surface area contributed by atoms with Crippen LogP contribution in [0.2, 0.25) is 0 Å². The number of hydrogen-bond donors (Lipinski definition) is 2. The second-order valence-corrected chi connectivity index (χ2v) is 6.19. The molecule has 4 rings (SSSR count). The first-order valence-electron chi connectivity index (χ1n) is 8.00. The van der Waals surface area contributed by atoms with E-state index in [9.17, 15) is 4.79 Å². The van der Waals surface area contributed by atoms with Crippen molar-refractivity contribution in [3.05, 3.63) is 41.2 Å². The van der Waals surface area contributed by atoms with Crippen molar-refractivity contribution in [2.24, 2.45) is 5.73 Å². The van der Waals surface area contributed by atoms with Crippen molar-refractivity contribution in [2.45, 2.75) is 25.4 Å². The van der Waals surface area contributed by atoms with Gasteiger partial charge < -0.3 is 15.5 Å². The maximum atomic E-state index is 11.2. The first-order valence-corrected chi connectivity index (χ1v) is 8.00. The number of primary amides is 1. The van der Waals surface area contributed by atoms with E-state index in [0.717, 1.165) is 56.2 Å². The van der Waals surface area contributed by atoms with Gasteiger partial charge in [0.15, 0.2) is 0 Å². The fourth-order valence-corrected chi connectivity index (χ4v) is 3.37. The van der Waals surface area contributed by atoms with E-state index in [1.807, 2.05) is 12.1 Å². The van der Waals surface area contributed by atoms with E-state index in [1.165, 1.54) is 5.69 Å². The number of fused-ring (bicyclic) bond motifs is 1. The molecule has 120 valence electrons. The number of nitrogens with zero attached hydrogens (tertiary/aromatic N) is 2. The predicted molar refractivity (Wildman–Crippen MR) is 85.9 cm³/mol. The number of aromatic nitrogens is 2. The lowest BCUT2D eigenvalue weighted by Crippen LogP contribution is -2.39. The highest BCUT2D eigenvalue weighted by Gasteiger charge is 2.28. The molecule has 6 nitrogen and oxygen atoms in total. The van der Waals surface area contributed by atoms with Gasteiger partial charge in [0.2, 0.25) is 5.91 Å². The Morgan fingerprint density at radius 3 is 2.87 bits per heavy atom. The Hall–Kier alpha value is -2.18. The molecule has 2 aliphatic heterocycles. The van der Waals surface area contributed by atoms with Crippen LogP contribution in [0.15, 0.2) is 24.3 Å². The molecule has 23 heavy (non-hydrogen) atoms. The average molecular weight is 312 g/mol. The fraction of sp³-hybridized carbons (Fsp3) is 0.412. The van der Waals surface area contributed by atoms with Crippen molar-refractivity contribution in [1.29, 1.82) is 0 Å². The van der Waals surface area contributed by atoms with Crippen LogP contribution in [0.5, 0.6) is 0 Å². The van der Waals surface area contributed by atoms with Crippen LogP contribution in [0.1, 0.15) is 28.2 Å². The number of imidazole rings is 1. The van der Waals surface area contributed by atoms with Gasteiger partial charge >= 0.3 is 0 Å². The summed E-state index contributed by atoms with van der Waals surface area (Å²) in [4.78, 5) is 21.8. The van der Waals surface area contributed by atoms with E-state index in [0.29, 0.717) is 11.6 Å². The number of hydrogen-bond acceptors (Lipinski definition) is 4. The Labute approximate surface area is 134 Å². The molecule has 1 aromatic heterocycles. The number of nitrogens with one attached hydrogen (secondary N) is 1. The van der Waals surface area contributed by atoms with E-state index in [2.05, 4.69) is 9.88 Å². The fourth-order valence-electron chi connectivity index (χ4n) is 3.37. The summed E-state index contributed by atoms with van der Waals surface area (Å²) in [5.74, 6) is 0.445. The zero-order valence-electron chi connectivity index (χ0n) is 12.9. The molecule has 2 aromatic rings. The minimum absolute atomic E-state index is 0.412. The van der Waals surface area contributed by atoms with Gasteiger partial charge in [-0.05, 0) is 18.6 Å². The van der Waals surface area contributed by atoms with Gasteiger partial charge in [0.25, 0.3) is 0 Å². The number of ether oxygens (including phenoxy) is 1. The second kappa shape index (κ2) is 5.79. The molecule has 1 fully saturated rings. The summed E-state index contributed by atoms with van der Waals surface area (Å²) in [6.07, 6.45) is 2.08. The molecule has 0 aliphatic carbocycles. The van der Waals surface area contributed by atoms with Crippen molar-refractivity contribution in [3.63, 3.8) is 0 Å². The van der Waals surface area contributed by atoms with Gasteiger partial charge in [0.1, 0.15) is 5.82 Å². The summed E-state index contributed by atoms with van der Waals surface area (Å²) in [6, 6.07) is 7.77. The van der Waals surface area contributed by atoms with Crippen molar-refractivity contribution in [1.82, 2.24) is 14.9 Å². The molecule has 2 aliphatic rings. The largest absolute Gasteiger partial charge is 0.380 e. The molecule has 0 spiro atoms. The van der Waals surface area contributed by atoms with Gasteiger partial charge in [-0.1, -0.05) is 12.1 Å². The zero-order chi connectivity index (χ0) is 15.8. The topological polar surface area (TPSA) is 84.2 Å². The number of benzene rings is 1. The molecule has 0 bridgehead atoms. The van der Waals surface area contributed by atoms with Crippen molar-refractivity contribution in [3.8, 4) is 11.4 Å². The Kier molecular flexibility index (Phi) is 3.63. The molecule has 0 unspecified atom stereocenters. The Morgan fingerprint density at radius 2 is 2.17 bits per heavy atom. The highest BCUT2D eigenvalue weighted by Crippen LogP contribution is 2.25. The van der Waals surface area contributed by atoms with E-state index in [1.54, 1.807) is 12.1 Å². The van der Waals surface area contributed by atoms with Crippen molar-refractivity contribution < 1.29 is 9.53 Å². The Morgan fingerprint density at radius 1 is 1.35 bits per heavy atom. The zero-order valence-corrected chi connectivity index (χ0v) is 12.9. The molecule has 6 heteroatoms. The SMILES string of the molecule is NC(=O)c1ccc(-c2nc3c([nH]2)CN([C@@H]2CCOC2)CC3)cc1. The molecule has 0 saturated carbocycles. The summed E-state index contributed by atoms with van der Waals surface area (Å²) in [7, 11) is 0. The monoisotopic (exact) mass is 312 g/mol. The molecule has 1 aromatic carbocycles.